The van der Waals surface area contributed by atoms with Crippen molar-refractivity contribution in [3.8, 4) is 0 Å². The Labute approximate surface area is 133 Å². The topological polar surface area (TPSA) is 78.7 Å². The molecular weight excluding hydrogens is 348 g/mol. The number of hydrogen-bond donors (Lipinski definition) is 0. The number of fused-ring (bicyclic) bond motifs is 3. The van der Waals surface area contributed by atoms with Gasteiger partial charge in [-0.3, -0.25) is 9.36 Å². The number of aryl methyl sites for hydroxylation is 1. The van der Waals surface area contributed by atoms with E-state index in [4.69, 9.17) is 0 Å². The van der Waals surface area contributed by atoms with Crippen molar-refractivity contribution in [2.45, 2.75) is 19.4 Å². The van der Waals surface area contributed by atoms with Gasteiger partial charge in [0.2, 0.25) is 0 Å². The number of aromatic nitrogens is 8. The summed E-state index contributed by atoms with van der Waals surface area (Å²) in [5.74, 6) is 0.906. The standard InChI is InChI=1S/C13H13BrN8/c1-8(5-21-6-9(14)3-17-21)11-18-13-10-4-16-20(2)12(10)15-7-22(13)19-11/h3-4,6-8H,5H2,1-2H3/t8-/m1/s1. The number of hydrogen-bond acceptors (Lipinski definition) is 5. The number of rotatable bonds is 3. The first-order valence-electron chi connectivity index (χ1n) is 6.83. The summed E-state index contributed by atoms with van der Waals surface area (Å²) in [7, 11) is 1.86. The second-order valence-corrected chi connectivity index (χ2v) is 6.19. The minimum Gasteiger partial charge on any atom is -0.271 e. The summed E-state index contributed by atoms with van der Waals surface area (Å²) < 4.78 is 6.27. The van der Waals surface area contributed by atoms with Gasteiger partial charge in [0.05, 0.1) is 28.8 Å². The van der Waals surface area contributed by atoms with Crippen LogP contribution in [-0.2, 0) is 13.6 Å². The van der Waals surface area contributed by atoms with E-state index in [9.17, 15) is 0 Å². The molecule has 4 aromatic heterocycles. The van der Waals surface area contributed by atoms with Crippen LogP contribution < -0.4 is 0 Å². The van der Waals surface area contributed by atoms with Crippen LogP contribution in [0.3, 0.4) is 0 Å². The third-order valence-corrected chi connectivity index (χ3v) is 4.00. The quantitative estimate of drug-likeness (QED) is 0.556. The zero-order chi connectivity index (χ0) is 15.3. The van der Waals surface area contributed by atoms with Gasteiger partial charge in [-0.2, -0.15) is 10.2 Å². The van der Waals surface area contributed by atoms with Gasteiger partial charge in [0.1, 0.15) is 6.33 Å². The van der Waals surface area contributed by atoms with Crippen molar-refractivity contribution in [1.29, 1.82) is 0 Å². The molecule has 0 amide bonds. The first-order chi connectivity index (χ1) is 10.6. The Hall–Kier alpha value is -2.29. The fourth-order valence-electron chi connectivity index (χ4n) is 2.46. The molecule has 8 nitrogen and oxygen atoms in total. The Kier molecular flexibility index (Phi) is 2.96. The molecule has 0 spiro atoms. The molecule has 0 saturated carbocycles. The highest BCUT2D eigenvalue weighted by molar-refractivity contribution is 9.10. The molecule has 0 aromatic carbocycles. The molecular formula is C13H13BrN8. The summed E-state index contributed by atoms with van der Waals surface area (Å²) in [5.41, 5.74) is 1.58. The fraction of sp³-hybridized carbons (Fsp3) is 0.308. The average Bonchev–Trinajstić information content (AvgIpc) is 3.17. The maximum atomic E-state index is 4.66. The van der Waals surface area contributed by atoms with E-state index in [1.807, 2.05) is 17.9 Å². The molecule has 9 heteroatoms. The molecule has 0 aliphatic carbocycles. The molecule has 112 valence electrons. The predicted octanol–water partition coefficient (Wildman–Crippen LogP) is 1.77. The van der Waals surface area contributed by atoms with Crippen molar-refractivity contribution >= 4 is 32.6 Å². The molecule has 0 unspecified atom stereocenters. The van der Waals surface area contributed by atoms with E-state index in [2.05, 4.69) is 48.1 Å². The van der Waals surface area contributed by atoms with Crippen molar-refractivity contribution < 1.29 is 0 Å². The highest BCUT2D eigenvalue weighted by Gasteiger charge is 2.16. The minimum absolute atomic E-state index is 0.137. The van der Waals surface area contributed by atoms with Crippen molar-refractivity contribution in [1.82, 2.24) is 39.1 Å². The Morgan fingerprint density at radius 2 is 2.09 bits per heavy atom. The van der Waals surface area contributed by atoms with Crippen LogP contribution in [-0.4, -0.2) is 39.1 Å². The van der Waals surface area contributed by atoms with Gasteiger partial charge in [-0.15, -0.1) is 5.10 Å². The van der Waals surface area contributed by atoms with E-state index in [1.54, 1.807) is 27.9 Å². The second-order valence-electron chi connectivity index (χ2n) is 5.27. The van der Waals surface area contributed by atoms with Crippen LogP contribution in [0.5, 0.6) is 0 Å². The lowest BCUT2D eigenvalue weighted by atomic mass is 10.2. The zero-order valence-electron chi connectivity index (χ0n) is 12.0. The lowest BCUT2D eigenvalue weighted by Crippen LogP contribution is -2.08. The summed E-state index contributed by atoms with van der Waals surface area (Å²) in [5, 5.41) is 13.9. The van der Waals surface area contributed by atoms with Gasteiger partial charge in [-0.25, -0.2) is 14.5 Å². The molecule has 22 heavy (non-hydrogen) atoms. The fourth-order valence-corrected chi connectivity index (χ4v) is 2.79. The third-order valence-electron chi connectivity index (χ3n) is 3.59. The van der Waals surface area contributed by atoms with Crippen LogP contribution in [0.15, 0.2) is 29.4 Å². The summed E-state index contributed by atoms with van der Waals surface area (Å²) >= 11 is 3.40. The van der Waals surface area contributed by atoms with Crippen molar-refractivity contribution in [3.05, 3.63) is 35.2 Å². The maximum absolute atomic E-state index is 4.66. The van der Waals surface area contributed by atoms with Crippen molar-refractivity contribution in [2.24, 2.45) is 7.05 Å². The lowest BCUT2D eigenvalue weighted by Gasteiger charge is -2.06. The molecule has 0 bridgehead atoms. The molecule has 0 N–H and O–H groups in total. The second kappa shape index (κ2) is 4.87. The highest BCUT2D eigenvalue weighted by Crippen LogP contribution is 2.19. The SMILES string of the molecule is C[C@H](Cn1cc(Br)cn1)c1nc2c3cnn(C)c3ncn2n1. The molecule has 0 radical (unpaired) electrons. The lowest BCUT2D eigenvalue weighted by molar-refractivity contribution is 0.524. The number of halogens is 1. The van der Waals surface area contributed by atoms with Crippen LogP contribution >= 0.6 is 15.9 Å². The monoisotopic (exact) mass is 360 g/mol. The molecule has 4 rings (SSSR count). The maximum Gasteiger partial charge on any atom is 0.170 e. The van der Waals surface area contributed by atoms with Crippen LogP contribution in [0.2, 0.25) is 0 Å². The predicted molar refractivity (Wildman–Crippen MR) is 83.4 cm³/mol. The van der Waals surface area contributed by atoms with Gasteiger partial charge in [-0.1, -0.05) is 6.92 Å². The Morgan fingerprint density at radius 3 is 2.86 bits per heavy atom. The average molecular weight is 361 g/mol. The third kappa shape index (κ3) is 2.08. The Bertz CT molecular complexity index is 965. The summed E-state index contributed by atoms with van der Waals surface area (Å²) in [6.45, 7) is 2.80. The van der Waals surface area contributed by atoms with E-state index >= 15 is 0 Å². The first kappa shape index (κ1) is 13.4. The van der Waals surface area contributed by atoms with Crippen LogP contribution in [0, 0.1) is 0 Å². The minimum atomic E-state index is 0.137. The molecule has 0 aliphatic rings. The smallest absolute Gasteiger partial charge is 0.170 e. The number of nitrogens with zero attached hydrogens (tertiary/aromatic N) is 8. The summed E-state index contributed by atoms with van der Waals surface area (Å²) in [4.78, 5) is 9.03. The molecule has 0 fully saturated rings. The molecule has 0 saturated heterocycles. The van der Waals surface area contributed by atoms with Crippen molar-refractivity contribution in [2.75, 3.05) is 0 Å². The van der Waals surface area contributed by atoms with E-state index in [0.717, 1.165) is 27.0 Å². The Morgan fingerprint density at radius 1 is 1.23 bits per heavy atom. The van der Waals surface area contributed by atoms with Gasteiger partial charge < -0.3 is 0 Å². The van der Waals surface area contributed by atoms with Crippen LogP contribution in [0.25, 0.3) is 16.7 Å². The summed E-state index contributed by atoms with van der Waals surface area (Å²) in [6.07, 6.45) is 7.15. The molecule has 1 atom stereocenters. The highest BCUT2D eigenvalue weighted by atomic mass is 79.9. The van der Waals surface area contributed by atoms with Gasteiger partial charge in [0, 0.05) is 19.2 Å². The van der Waals surface area contributed by atoms with E-state index in [1.165, 1.54) is 0 Å². The molecule has 4 heterocycles. The van der Waals surface area contributed by atoms with Crippen LogP contribution in [0.1, 0.15) is 18.7 Å². The van der Waals surface area contributed by atoms with Crippen molar-refractivity contribution in [3.63, 3.8) is 0 Å². The summed E-state index contributed by atoms with van der Waals surface area (Å²) in [6, 6.07) is 0. The van der Waals surface area contributed by atoms with E-state index in [0.29, 0.717) is 6.54 Å². The van der Waals surface area contributed by atoms with Gasteiger partial charge in [0.15, 0.2) is 17.1 Å². The Balaban J connectivity index is 1.74. The zero-order valence-corrected chi connectivity index (χ0v) is 13.6. The van der Waals surface area contributed by atoms with E-state index < -0.39 is 0 Å². The van der Waals surface area contributed by atoms with E-state index in [-0.39, 0.29) is 5.92 Å². The largest absolute Gasteiger partial charge is 0.271 e. The van der Waals surface area contributed by atoms with Gasteiger partial charge >= 0.3 is 0 Å². The molecule has 0 aliphatic heterocycles. The van der Waals surface area contributed by atoms with Gasteiger partial charge in [0.25, 0.3) is 0 Å². The normalized spacial score (nSPS) is 13.2. The molecule has 4 aromatic rings. The van der Waals surface area contributed by atoms with Crippen LogP contribution in [0.4, 0.5) is 0 Å². The van der Waals surface area contributed by atoms with Gasteiger partial charge in [-0.05, 0) is 15.9 Å². The first-order valence-corrected chi connectivity index (χ1v) is 7.62.